The molecule has 0 spiro atoms. The number of aliphatic hydroxyl groups excluding tert-OH is 1. The number of aliphatic hydroxyl groups is 1. The van der Waals surface area contributed by atoms with Crippen LogP contribution in [-0.2, 0) is 0 Å². The van der Waals surface area contributed by atoms with Gasteiger partial charge in [0.2, 0.25) is 0 Å². The first-order chi connectivity index (χ1) is 9.13. The van der Waals surface area contributed by atoms with Crippen molar-refractivity contribution in [3.05, 3.63) is 23.0 Å². The summed E-state index contributed by atoms with van der Waals surface area (Å²) in [5.74, 6) is 0.0304. The highest BCUT2D eigenvalue weighted by molar-refractivity contribution is 6.31. The largest absolute Gasteiger partial charge is 0.396 e. The van der Waals surface area contributed by atoms with E-state index in [-0.39, 0.29) is 12.5 Å². The fourth-order valence-electron chi connectivity index (χ4n) is 2.21. The SMILES string of the molecule is CN(CCCCCO)C(=O)c1cc(Cl)cn1C1CC1. The molecule has 0 aromatic carbocycles. The Balaban J connectivity index is 1.94. The minimum absolute atomic E-state index is 0.0304. The van der Waals surface area contributed by atoms with E-state index in [4.69, 9.17) is 16.7 Å². The number of nitrogens with zero attached hydrogens (tertiary/aromatic N) is 2. The Labute approximate surface area is 119 Å². The fourth-order valence-corrected chi connectivity index (χ4v) is 2.41. The van der Waals surface area contributed by atoms with Crippen molar-refractivity contribution in [3.8, 4) is 0 Å². The Morgan fingerprint density at radius 1 is 1.47 bits per heavy atom. The van der Waals surface area contributed by atoms with Crippen molar-refractivity contribution in [1.29, 1.82) is 0 Å². The first-order valence-corrected chi connectivity index (χ1v) is 7.25. The molecule has 0 aliphatic heterocycles. The van der Waals surface area contributed by atoms with E-state index in [1.807, 2.05) is 17.8 Å². The van der Waals surface area contributed by atoms with Gasteiger partial charge in [-0.15, -0.1) is 0 Å². The van der Waals surface area contributed by atoms with Gasteiger partial charge in [-0.3, -0.25) is 4.79 Å². The summed E-state index contributed by atoms with van der Waals surface area (Å²) in [6.07, 6.45) is 6.77. The molecule has 0 bridgehead atoms. The molecule has 1 N–H and O–H groups in total. The van der Waals surface area contributed by atoms with Crippen LogP contribution in [-0.4, -0.2) is 40.7 Å². The van der Waals surface area contributed by atoms with E-state index in [2.05, 4.69) is 0 Å². The predicted octanol–water partition coefficient (Wildman–Crippen LogP) is 2.71. The van der Waals surface area contributed by atoms with E-state index in [9.17, 15) is 4.79 Å². The molecule has 1 heterocycles. The summed E-state index contributed by atoms with van der Waals surface area (Å²) in [6.45, 7) is 0.935. The molecule has 1 fully saturated rings. The second-order valence-electron chi connectivity index (χ2n) is 5.19. The Morgan fingerprint density at radius 3 is 2.84 bits per heavy atom. The molecule has 19 heavy (non-hydrogen) atoms. The first-order valence-electron chi connectivity index (χ1n) is 6.87. The molecule has 4 nitrogen and oxygen atoms in total. The Kier molecular flexibility index (Phi) is 4.88. The maximum atomic E-state index is 12.4. The van der Waals surface area contributed by atoms with Gasteiger partial charge in [-0.05, 0) is 38.2 Å². The van der Waals surface area contributed by atoms with Gasteiger partial charge in [0.1, 0.15) is 5.69 Å². The van der Waals surface area contributed by atoms with Gasteiger partial charge >= 0.3 is 0 Å². The third kappa shape index (κ3) is 3.74. The highest BCUT2D eigenvalue weighted by Gasteiger charge is 2.28. The number of aromatic nitrogens is 1. The third-order valence-corrected chi connectivity index (χ3v) is 3.68. The van der Waals surface area contributed by atoms with E-state index in [0.717, 1.165) is 32.1 Å². The quantitative estimate of drug-likeness (QED) is 0.783. The first kappa shape index (κ1) is 14.4. The minimum atomic E-state index is 0.0304. The standard InChI is InChI=1S/C14H21ClN2O2/c1-16(7-3-2-4-8-18)14(19)13-9-11(15)10-17(13)12-5-6-12/h9-10,12,18H,2-8H2,1H3. The highest BCUT2D eigenvalue weighted by atomic mass is 35.5. The molecule has 2 rings (SSSR count). The van der Waals surface area contributed by atoms with Crippen molar-refractivity contribution < 1.29 is 9.90 Å². The Morgan fingerprint density at radius 2 is 2.21 bits per heavy atom. The van der Waals surface area contributed by atoms with E-state index in [1.165, 1.54) is 0 Å². The van der Waals surface area contributed by atoms with Crippen molar-refractivity contribution in [2.75, 3.05) is 20.2 Å². The molecule has 0 unspecified atom stereocenters. The van der Waals surface area contributed by atoms with Crippen molar-refractivity contribution in [2.24, 2.45) is 0 Å². The van der Waals surface area contributed by atoms with Gasteiger partial charge in [0.15, 0.2) is 0 Å². The van der Waals surface area contributed by atoms with E-state index >= 15 is 0 Å². The van der Waals surface area contributed by atoms with Crippen LogP contribution in [0, 0.1) is 0 Å². The van der Waals surface area contributed by atoms with Crippen LogP contribution in [0.3, 0.4) is 0 Å². The summed E-state index contributed by atoms with van der Waals surface area (Å²) in [6, 6.07) is 2.21. The van der Waals surface area contributed by atoms with E-state index in [1.54, 1.807) is 11.0 Å². The molecular weight excluding hydrogens is 264 g/mol. The number of halogens is 1. The molecule has 1 aliphatic carbocycles. The number of rotatable bonds is 7. The average molecular weight is 285 g/mol. The molecule has 5 heteroatoms. The third-order valence-electron chi connectivity index (χ3n) is 3.47. The van der Waals surface area contributed by atoms with Gasteiger partial charge in [0.25, 0.3) is 5.91 Å². The summed E-state index contributed by atoms with van der Waals surface area (Å²) < 4.78 is 2.01. The van der Waals surface area contributed by atoms with Crippen LogP contribution in [0.15, 0.2) is 12.3 Å². The summed E-state index contributed by atoms with van der Waals surface area (Å²) in [4.78, 5) is 14.1. The predicted molar refractivity (Wildman–Crippen MR) is 75.6 cm³/mol. The number of unbranched alkanes of at least 4 members (excludes halogenated alkanes) is 2. The normalized spacial score (nSPS) is 14.7. The van der Waals surface area contributed by atoms with Gasteiger partial charge in [-0.25, -0.2) is 0 Å². The zero-order chi connectivity index (χ0) is 13.8. The lowest BCUT2D eigenvalue weighted by atomic mass is 10.2. The number of amides is 1. The van der Waals surface area contributed by atoms with E-state index < -0.39 is 0 Å². The fraction of sp³-hybridized carbons (Fsp3) is 0.643. The number of hydrogen-bond acceptors (Lipinski definition) is 2. The van der Waals surface area contributed by atoms with Crippen molar-refractivity contribution >= 4 is 17.5 Å². The molecule has 106 valence electrons. The summed E-state index contributed by atoms with van der Waals surface area (Å²) >= 11 is 6.01. The summed E-state index contributed by atoms with van der Waals surface area (Å²) in [5, 5.41) is 9.36. The molecule has 1 aliphatic rings. The maximum Gasteiger partial charge on any atom is 0.270 e. The van der Waals surface area contributed by atoms with Gasteiger partial charge in [-0.2, -0.15) is 0 Å². The van der Waals surface area contributed by atoms with Crippen LogP contribution in [0.5, 0.6) is 0 Å². The van der Waals surface area contributed by atoms with Crippen LogP contribution < -0.4 is 0 Å². The summed E-state index contributed by atoms with van der Waals surface area (Å²) in [5.41, 5.74) is 0.692. The van der Waals surface area contributed by atoms with Gasteiger partial charge in [0, 0.05) is 32.4 Å². The lowest BCUT2D eigenvalue weighted by Gasteiger charge is -2.18. The highest BCUT2D eigenvalue weighted by Crippen LogP contribution is 2.37. The smallest absolute Gasteiger partial charge is 0.270 e. The van der Waals surface area contributed by atoms with Gasteiger partial charge in [-0.1, -0.05) is 11.6 Å². The molecule has 1 saturated carbocycles. The second-order valence-corrected chi connectivity index (χ2v) is 5.63. The maximum absolute atomic E-state index is 12.4. The topological polar surface area (TPSA) is 45.5 Å². The van der Waals surface area contributed by atoms with Crippen LogP contribution in [0.1, 0.15) is 48.6 Å². The molecule has 1 amide bonds. The molecule has 0 radical (unpaired) electrons. The number of carbonyl (C=O) groups excluding carboxylic acids is 1. The van der Waals surface area contributed by atoms with Crippen LogP contribution in [0.2, 0.25) is 5.02 Å². The van der Waals surface area contributed by atoms with Crippen LogP contribution in [0.25, 0.3) is 0 Å². The van der Waals surface area contributed by atoms with Crippen LogP contribution >= 0.6 is 11.6 Å². The second kappa shape index (κ2) is 6.44. The molecule has 0 saturated heterocycles. The van der Waals surface area contributed by atoms with E-state index in [0.29, 0.717) is 23.3 Å². The molecular formula is C14H21ClN2O2. The lowest BCUT2D eigenvalue weighted by molar-refractivity contribution is 0.0781. The Hall–Kier alpha value is -1.00. The van der Waals surface area contributed by atoms with Crippen LogP contribution in [0.4, 0.5) is 0 Å². The average Bonchev–Trinajstić information content (AvgIpc) is 3.16. The zero-order valence-corrected chi connectivity index (χ0v) is 12.1. The number of carbonyl (C=O) groups is 1. The van der Waals surface area contributed by atoms with Crippen molar-refractivity contribution in [3.63, 3.8) is 0 Å². The molecule has 1 aromatic heterocycles. The monoisotopic (exact) mass is 284 g/mol. The minimum Gasteiger partial charge on any atom is -0.396 e. The van der Waals surface area contributed by atoms with Gasteiger partial charge < -0.3 is 14.6 Å². The summed E-state index contributed by atoms with van der Waals surface area (Å²) in [7, 11) is 1.82. The zero-order valence-electron chi connectivity index (χ0n) is 11.3. The van der Waals surface area contributed by atoms with Gasteiger partial charge in [0.05, 0.1) is 5.02 Å². The van der Waals surface area contributed by atoms with Crippen molar-refractivity contribution in [1.82, 2.24) is 9.47 Å². The molecule has 0 atom stereocenters. The Bertz CT molecular complexity index is 441. The lowest BCUT2D eigenvalue weighted by Crippen LogP contribution is -2.29. The number of hydrogen-bond donors (Lipinski definition) is 1. The molecule has 1 aromatic rings. The van der Waals surface area contributed by atoms with Crippen molar-refractivity contribution in [2.45, 2.75) is 38.1 Å².